The number of H-pyrrole nitrogens is 1. The quantitative estimate of drug-likeness (QED) is 0.425. The van der Waals surface area contributed by atoms with E-state index in [2.05, 4.69) is 15.3 Å². The second-order valence-corrected chi connectivity index (χ2v) is 8.67. The fraction of sp³-hybridized carbons (Fsp3) is 0.250. The van der Waals surface area contributed by atoms with Crippen molar-refractivity contribution in [2.24, 2.45) is 0 Å². The molecule has 0 saturated heterocycles. The Morgan fingerprint density at radius 3 is 2.81 bits per heavy atom. The standard InChI is InChI=1S/C24H22F2N4O2/c1-13-18-17(29-24(2,3)22(13)32-23(31)30-10-9-27-12-30)11-16(25)19(20(18)26)15-6-4-5-14-7-8-28-21(14)15/h4-13,22,28-29H,1-3H3/t13-,22?/m0/s1. The molecule has 4 aromatic rings. The summed E-state index contributed by atoms with van der Waals surface area (Å²) in [5.74, 6) is -1.86. The van der Waals surface area contributed by atoms with Gasteiger partial charge in [0.25, 0.3) is 0 Å². The average Bonchev–Trinajstić information content (AvgIpc) is 3.42. The fourth-order valence-electron chi connectivity index (χ4n) is 4.70. The minimum atomic E-state index is -0.761. The van der Waals surface area contributed by atoms with E-state index < -0.39 is 35.3 Å². The number of para-hydroxylation sites is 1. The molecule has 0 radical (unpaired) electrons. The van der Waals surface area contributed by atoms with Gasteiger partial charge >= 0.3 is 6.09 Å². The maximum atomic E-state index is 16.0. The number of hydrogen-bond donors (Lipinski definition) is 2. The molecule has 0 saturated carbocycles. The zero-order chi connectivity index (χ0) is 22.6. The largest absolute Gasteiger partial charge is 0.442 e. The number of ether oxygens (including phenoxy) is 1. The Labute approximate surface area is 183 Å². The first kappa shape index (κ1) is 20.2. The van der Waals surface area contributed by atoms with Gasteiger partial charge < -0.3 is 15.0 Å². The molecular formula is C24H22F2N4O2. The van der Waals surface area contributed by atoms with Crippen LogP contribution in [0.4, 0.5) is 19.3 Å². The molecule has 5 rings (SSSR count). The van der Waals surface area contributed by atoms with Crippen molar-refractivity contribution in [3.63, 3.8) is 0 Å². The molecule has 32 heavy (non-hydrogen) atoms. The topological polar surface area (TPSA) is 71.9 Å². The summed E-state index contributed by atoms with van der Waals surface area (Å²) >= 11 is 0. The SMILES string of the molecule is C[C@H]1c2c(cc(F)c(-c3cccc4cc[nH]c34)c2F)NC(C)(C)C1OC(=O)n1ccnc1. The predicted octanol–water partition coefficient (Wildman–Crippen LogP) is 5.67. The first-order valence-electron chi connectivity index (χ1n) is 10.3. The third-order valence-electron chi connectivity index (χ3n) is 6.13. The van der Waals surface area contributed by atoms with Crippen LogP contribution in [0.2, 0.25) is 0 Å². The van der Waals surface area contributed by atoms with Crippen LogP contribution in [-0.2, 0) is 4.74 Å². The summed E-state index contributed by atoms with van der Waals surface area (Å²) in [4.78, 5) is 19.5. The van der Waals surface area contributed by atoms with Crippen molar-refractivity contribution in [3.05, 3.63) is 72.4 Å². The van der Waals surface area contributed by atoms with Crippen molar-refractivity contribution in [1.29, 1.82) is 0 Å². The Kier molecular flexibility index (Phi) is 4.54. The number of fused-ring (bicyclic) bond motifs is 2. The van der Waals surface area contributed by atoms with E-state index in [0.717, 1.165) is 5.39 Å². The number of nitrogens with one attached hydrogen (secondary N) is 2. The van der Waals surface area contributed by atoms with Crippen LogP contribution in [0, 0.1) is 11.6 Å². The van der Waals surface area contributed by atoms with Gasteiger partial charge in [-0.3, -0.25) is 0 Å². The van der Waals surface area contributed by atoms with Gasteiger partial charge in [0.2, 0.25) is 0 Å². The molecule has 0 amide bonds. The van der Waals surface area contributed by atoms with Crippen LogP contribution in [0.25, 0.3) is 22.0 Å². The molecule has 2 aromatic heterocycles. The zero-order valence-electron chi connectivity index (χ0n) is 17.8. The molecule has 2 aromatic carbocycles. The third-order valence-corrected chi connectivity index (χ3v) is 6.13. The van der Waals surface area contributed by atoms with Gasteiger partial charge in [-0.15, -0.1) is 0 Å². The van der Waals surface area contributed by atoms with Gasteiger partial charge in [0.1, 0.15) is 24.1 Å². The van der Waals surface area contributed by atoms with Crippen LogP contribution in [-0.4, -0.2) is 32.3 Å². The van der Waals surface area contributed by atoms with Gasteiger partial charge in [0.05, 0.1) is 16.6 Å². The zero-order valence-corrected chi connectivity index (χ0v) is 17.8. The average molecular weight is 436 g/mol. The fourth-order valence-corrected chi connectivity index (χ4v) is 4.70. The van der Waals surface area contributed by atoms with Gasteiger partial charge in [-0.2, -0.15) is 0 Å². The van der Waals surface area contributed by atoms with Crippen molar-refractivity contribution in [2.45, 2.75) is 38.3 Å². The van der Waals surface area contributed by atoms with Crippen molar-refractivity contribution in [1.82, 2.24) is 14.5 Å². The van der Waals surface area contributed by atoms with E-state index in [9.17, 15) is 4.79 Å². The van der Waals surface area contributed by atoms with E-state index in [0.29, 0.717) is 16.8 Å². The molecular weight excluding hydrogens is 414 g/mol. The maximum absolute atomic E-state index is 16.0. The van der Waals surface area contributed by atoms with Crippen LogP contribution in [0.15, 0.2) is 55.2 Å². The molecule has 6 nitrogen and oxygen atoms in total. The van der Waals surface area contributed by atoms with Gasteiger partial charge in [-0.1, -0.05) is 25.1 Å². The van der Waals surface area contributed by atoms with Crippen LogP contribution >= 0.6 is 0 Å². The van der Waals surface area contributed by atoms with Crippen LogP contribution in [0.1, 0.15) is 32.3 Å². The van der Waals surface area contributed by atoms with E-state index in [1.54, 1.807) is 25.3 Å². The van der Waals surface area contributed by atoms with Crippen molar-refractivity contribution in [2.75, 3.05) is 5.32 Å². The highest BCUT2D eigenvalue weighted by molar-refractivity contribution is 5.95. The summed E-state index contributed by atoms with van der Waals surface area (Å²) in [7, 11) is 0. The van der Waals surface area contributed by atoms with E-state index in [1.807, 2.05) is 26.0 Å². The summed E-state index contributed by atoms with van der Waals surface area (Å²) in [5, 5.41) is 4.03. The molecule has 0 spiro atoms. The lowest BCUT2D eigenvalue weighted by Gasteiger charge is -2.44. The molecule has 8 heteroatoms. The third kappa shape index (κ3) is 3.05. The second kappa shape index (κ2) is 7.19. The number of nitrogens with zero attached hydrogens (tertiary/aromatic N) is 2. The summed E-state index contributed by atoms with van der Waals surface area (Å²) < 4.78 is 38.2. The molecule has 2 atom stereocenters. The van der Waals surface area contributed by atoms with E-state index >= 15 is 8.78 Å². The molecule has 1 aliphatic rings. The van der Waals surface area contributed by atoms with Crippen molar-refractivity contribution < 1.29 is 18.3 Å². The monoisotopic (exact) mass is 436 g/mol. The van der Waals surface area contributed by atoms with Crippen LogP contribution < -0.4 is 5.32 Å². The van der Waals surface area contributed by atoms with Crippen molar-refractivity contribution >= 4 is 22.7 Å². The number of benzene rings is 2. The molecule has 0 bridgehead atoms. The molecule has 1 aliphatic heterocycles. The minimum absolute atomic E-state index is 0.107. The molecule has 0 aliphatic carbocycles. The minimum Gasteiger partial charge on any atom is -0.442 e. The summed E-state index contributed by atoms with van der Waals surface area (Å²) in [5.41, 5.74) is 0.870. The number of anilines is 1. The van der Waals surface area contributed by atoms with Gasteiger partial charge in [0, 0.05) is 41.3 Å². The number of halogens is 2. The van der Waals surface area contributed by atoms with E-state index in [1.165, 1.54) is 29.4 Å². The maximum Gasteiger partial charge on any atom is 0.419 e. The lowest BCUT2D eigenvalue weighted by atomic mass is 9.77. The Morgan fingerprint density at radius 1 is 1.25 bits per heavy atom. The van der Waals surface area contributed by atoms with Gasteiger partial charge in [0.15, 0.2) is 0 Å². The first-order valence-corrected chi connectivity index (χ1v) is 10.3. The van der Waals surface area contributed by atoms with E-state index in [4.69, 9.17) is 4.74 Å². The number of carbonyl (C=O) groups excluding carboxylic acids is 1. The Balaban J connectivity index is 1.62. The van der Waals surface area contributed by atoms with Crippen LogP contribution in [0.3, 0.4) is 0 Å². The summed E-state index contributed by atoms with van der Waals surface area (Å²) in [6.45, 7) is 5.45. The smallest absolute Gasteiger partial charge is 0.419 e. The predicted molar refractivity (Wildman–Crippen MR) is 118 cm³/mol. The highest BCUT2D eigenvalue weighted by Gasteiger charge is 2.45. The number of imidazole rings is 1. The first-order chi connectivity index (χ1) is 15.3. The molecule has 1 unspecified atom stereocenters. The highest BCUT2D eigenvalue weighted by Crippen LogP contribution is 2.46. The van der Waals surface area contributed by atoms with Gasteiger partial charge in [-0.25, -0.2) is 23.1 Å². The summed E-state index contributed by atoms with van der Waals surface area (Å²) in [6, 6.07) is 8.51. The van der Waals surface area contributed by atoms with E-state index in [-0.39, 0.29) is 11.1 Å². The van der Waals surface area contributed by atoms with Crippen LogP contribution in [0.5, 0.6) is 0 Å². The molecule has 164 valence electrons. The Morgan fingerprint density at radius 2 is 2.06 bits per heavy atom. The lowest BCUT2D eigenvalue weighted by Crippen LogP contribution is -2.52. The van der Waals surface area contributed by atoms with Crippen molar-refractivity contribution in [3.8, 4) is 11.1 Å². The number of aromatic amines is 1. The Bertz CT molecular complexity index is 1330. The second-order valence-electron chi connectivity index (χ2n) is 8.67. The molecule has 2 N–H and O–H groups in total. The lowest BCUT2D eigenvalue weighted by molar-refractivity contribution is 0.0475. The van der Waals surface area contributed by atoms with Gasteiger partial charge in [-0.05, 0) is 31.4 Å². The Hall–Kier alpha value is -3.68. The summed E-state index contributed by atoms with van der Waals surface area (Å²) in [6.07, 6.45) is 4.71. The number of carbonyl (C=O) groups is 1. The highest BCUT2D eigenvalue weighted by atomic mass is 19.1. The molecule has 3 heterocycles. The molecule has 0 fully saturated rings. The number of rotatable bonds is 2. The number of hydrogen-bond acceptors (Lipinski definition) is 4. The number of aromatic nitrogens is 3. The normalized spacial score (nSPS) is 19.4.